The van der Waals surface area contributed by atoms with Crippen LogP contribution in [0, 0.1) is 12.8 Å². The Hall–Kier alpha value is -2.18. The van der Waals surface area contributed by atoms with E-state index < -0.39 is 0 Å². The zero-order valence-electron chi connectivity index (χ0n) is 16.8. The van der Waals surface area contributed by atoms with Crippen molar-refractivity contribution in [3.63, 3.8) is 0 Å². The standard InChI is InChI=1S/C22H31N3O3/c1-3-12-27-19-10-9-17(14-18(19)23)22(26)24-11-13-28-20-6-4-5-16-8-7-15(2)25-21(16)20/h4-8,17-19H,3,9-14,23H2,1-2H3,(H,24,26)/t17-,18+,19+/m0/s1. The minimum atomic E-state index is -0.0719. The van der Waals surface area contributed by atoms with Crippen LogP contribution in [0.2, 0.25) is 0 Å². The van der Waals surface area contributed by atoms with Crippen molar-refractivity contribution in [2.24, 2.45) is 11.7 Å². The Balaban J connectivity index is 1.45. The predicted molar refractivity (Wildman–Crippen MR) is 110 cm³/mol. The lowest BCUT2D eigenvalue weighted by atomic mass is 9.83. The highest BCUT2D eigenvalue weighted by atomic mass is 16.5. The van der Waals surface area contributed by atoms with Crippen molar-refractivity contribution in [1.82, 2.24) is 10.3 Å². The zero-order chi connectivity index (χ0) is 19.9. The first kappa shape index (κ1) is 20.6. The molecule has 1 aromatic carbocycles. The van der Waals surface area contributed by atoms with Crippen LogP contribution in [0.1, 0.15) is 38.3 Å². The maximum atomic E-state index is 12.5. The van der Waals surface area contributed by atoms with Crippen LogP contribution < -0.4 is 15.8 Å². The first-order chi connectivity index (χ1) is 13.6. The molecule has 28 heavy (non-hydrogen) atoms. The predicted octanol–water partition coefficient (Wildman–Crippen LogP) is 2.96. The summed E-state index contributed by atoms with van der Waals surface area (Å²) in [6, 6.07) is 9.83. The van der Waals surface area contributed by atoms with Gasteiger partial charge in [-0.1, -0.05) is 25.1 Å². The molecule has 1 saturated carbocycles. The van der Waals surface area contributed by atoms with Gasteiger partial charge >= 0.3 is 0 Å². The third-order valence-corrected chi connectivity index (χ3v) is 5.22. The number of carbonyl (C=O) groups is 1. The lowest BCUT2D eigenvalue weighted by molar-refractivity contribution is -0.127. The van der Waals surface area contributed by atoms with Gasteiger partial charge in [0.15, 0.2) is 0 Å². The summed E-state index contributed by atoms with van der Waals surface area (Å²) < 4.78 is 11.7. The number of hydrogen-bond acceptors (Lipinski definition) is 5. The molecule has 1 heterocycles. The van der Waals surface area contributed by atoms with Gasteiger partial charge in [0.05, 0.1) is 12.6 Å². The molecule has 1 aromatic heterocycles. The Morgan fingerprint density at radius 3 is 2.89 bits per heavy atom. The Labute approximate surface area is 166 Å². The SMILES string of the molecule is CCCO[C@@H]1CC[C@H](C(=O)NCCOc2cccc3ccc(C)nc23)C[C@H]1N. The number of nitrogens with two attached hydrogens (primary N) is 1. The van der Waals surface area contributed by atoms with E-state index in [1.54, 1.807) is 0 Å². The molecule has 1 aliphatic carbocycles. The molecule has 1 amide bonds. The van der Waals surface area contributed by atoms with E-state index in [1.165, 1.54) is 0 Å². The number of nitrogens with one attached hydrogen (secondary N) is 1. The number of fused-ring (bicyclic) bond motifs is 1. The summed E-state index contributed by atoms with van der Waals surface area (Å²) in [6.45, 7) is 5.64. The number of amides is 1. The second-order valence-corrected chi connectivity index (χ2v) is 7.50. The van der Waals surface area contributed by atoms with Crippen LogP contribution >= 0.6 is 0 Å². The van der Waals surface area contributed by atoms with Crippen LogP contribution in [-0.4, -0.2) is 42.8 Å². The summed E-state index contributed by atoms with van der Waals surface area (Å²) in [6.07, 6.45) is 3.40. The molecule has 3 N–H and O–H groups in total. The third-order valence-electron chi connectivity index (χ3n) is 5.22. The largest absolute Gasteiger partial charge is 0.489 e. The first-order valence-corrected chi connectivity index (χ1v) is 10.2. The molecule has 0 spiro atoms. The number of ether oxygens (including phenoxy) is 2. The molecule has 152 valence electrons. The molecule has 3 atom stereocenters. The molecular formula is C22H31N3O3. The minimum absolute atomic E-state index is 0.0432. The summed E-state index contributed by atoms with van der Waals surface area (Å²) in [5.41, 5.74) is 8.01. The summed E-state index contributed by atoms with van der Waals surface area (Å²) in [5.74, 6) is 0.754. The second-order valence-electron chi connectivity index (χ2n) is 7.50. The van der Waals surface area contributed by atoms with Crippen molar-refractivity contribution in [1.29, 1.82) is 0 Å². The Morgan fingerprint density at radius 1 is 1.25 bits per heavy atom. The summed E-state index contributed by atoms with van der Waals surface area (Å²) >= 11 is 0. The number of carbonyl (C=O) groups excluding carboxylic acids is 1. The lowest BCUT2D eigenvalue weighted by Gasteiger charge is -2.33. The van der Waals surface area contributed by atoms with Gasteiger partial charge in [-0.2, -0.15) is 0 Å². The van der Waals surface area contributed by atoms with Gasteiger partial charge in [0, 0.05) is 29.6 Å². The van der Waals surface area contributed by atoms with Crippen LogP contribution in [0.3, 0.4) is 0 Å². The van der Waals surface area contributed by atoms with Crippen LogP contribution in [0.5, 0.6) is 5.75 Å². The smallest absolute Gasteiger partial charge is 0.223 e. The fraction of sp³-hybridized carbons (Fsp3) is 0.545. The average molecular weight is 386 g/mol. The molecule has 0 saturated heterocycles. The van der Waals surface area contributed by atoms with E-state index in [-0.39, 0.29) is 24.0 Å². The average Bonchev–Trinajstić information content (AvgIpc) is 2.70. The number of aromatic nitrogens is 1. The summed E-state index contributed by atoms with van der Waals surface area (Å²) in [7, 11) is 0. The molecule has 6 nitrogen and oxygen atoms in total. The van der Waals surface area contributed by atoms with E-state index in [0.29, 0.717) is 19.6 Å². The van der Waals surface area contributed by atoms with Gasteiger partial charge in [-0.25, -0.2) is 4.98 Å². The molecule has 0 radical (unpaired) electrons. The van der Waals surface area contributed by atoms with Crippen molar-refractivity contribution in [2.75, 3.05) is 19.8 Å². The second kappa shape index (κ2) is 9.85. The highest BCUT2D eigenvalue weighted by Crippen LogP contribution is 2.26. The van der Waals surface area contributed by atoms with E-state index in [1.807, 2.05) is 37.3 Å². The first-order valence-electron chi connectivity index (χ1n) is 10.2. The van der Waals surface area contributed by atoms with E-state index in [2.05, 4.69) is 17.2 Å². The van der Waals surface area contributed by atoms with Gasteiger partial charge in [-0.05, 0) is 44.7 Å². The van der Waals surface area contributed by atoms with Crippen LogP contribution in [0.15, 0.2) is 30.3 Å². The number of aryl methyl sites for hydroxylation is 1. The van der Waals surface area contributed by atoms with Gasteiger partial charge in [0.2, 0.25) is 5.91 Å². The van der Waals surface area contributed by atoms with Crippen LogP contribution in [-0.2, 0) is 9.53 Å². The number of nitrogens with zero attached hydrogens (tertiary/aromatic N) is 1. The molecule has 0 unspecified atom stereocenters. The maximum absolute atomic E-state index is 12.5. The molecule has 0 bridgehead atoms. The van der Waals surface area contributed by atoms with Crippen molar-refractivity contribution in [3.05, 3.63) is 36.0 Å². The normalized spacial score (nSPS) is 22.2. The van der Waals surface area contributed by atoms with Gasteiger partial charge in [0.25, 0.3) is 0 Å². The number of rotatable bonds is 8. The maximum Gasteiger partial charge on any atom is 0.223 e. The monoisotopic (exact) mass is 385 g/mol. The van der Waals surface area contributed by atoms with Crippen LogP contribution in [0.4, 0.5) is 0 Å². The van der Waals surface area contributed by atoms with Gasteiger partial charge in [-0.3, -0.25) is 4.79 Å². The summed E-state index contributed by atoms with van der Waals surface area (Å²) in [5, 5.41) is 4.02. The molecule has 1 fully saturated rings. The van der Waals surface area contributed by atoms with Crippen molar-refractivity contribution in [3.8, 4) is 5.75 Å². The quantitative estimate of drug-likeness (QED) is 0.682. The number of benzene rings is 1. The zero-order valence-corrected chi connectivity index (χ0v) is 16.8. The van der Waals surface area contributed by atoms with Crippen molar-refractivity contribution < 1.29 is 14.3 Å². The van der Waals surface area contributed by atoms with Crippen LogP contribution in [0.25, 0.3) is 10.9 Å². The topological polar surface area (TPSA) is 86.5 Å². The number of hydrogen-bond donors (Lipinski definition) is 2. The van der Waals surface area contributed by atoms with Gasteiger partial charge in [0.1, 0.15) is 17.9 Å². The molecule has 0 aliphatic heterocycles. The van der Waals surface area contributed by atoms with E-state index in [9.17, 15) is 4.79 Å². The third kappa shape index (κ3) is 5.20. The lowest BCUT2D eigenvalue weighted by Crippen LogP contribution is -2.46. The number of pyridine rings is 1. The molecule has 3 rings (SSSR count). The van der Waals surface area contributed by atoms with Gasteiger partial charge < -0.3 is 20.5 Å². The highest BCUT2D eigenvalue weighted by Gasteiger charge is 2.32. The Bertz CT molecular complexity index is 796. The fourth-order valence-corrected chi connectivity index (χ4v) is 3.71. The molecule has 6 heteroatoms. The van der Waals surface area contributed by atoms with Crippen molar-refractivity contribution in [2.45, 2.75) is 51.7 Å². The summed E-state index contributed by atoms with van der Waals surface area (Å²) in [4.78, 5) is 17.0. The van der Waals surface area contributed by atoms with E-state index in [0.717, 1.165) is 48.2 Å². The van der Waals surface area contributed by atoms with E-state index >= 15 is 0 Å². The van der Waals surface area contributed by atoms with Crippen molar-refractivity contribution >= 4 is 16.8 Å². The number of para-hydroxylation sites is 1. The molecule has 2 aromatic rings. The minimum Gasteiger partial charge on any atom is -0.489 e. The molecule has 1 aliphatic rings. The molecular weight excluding hydrogens is 354 g/mol. The fourth-order valence-electron chi connectivity index (χ4n) is 3.71. The van der Waals surface area contributed by atoms with Gasteiger partial charge in [-0.15, -0.1) is 0 Å². The highest BCUT2D eigenvalue weighted by molar-refractivity contribution is 5.84. The van der Waals surface area contributed by atoms with E-state index in [4.69, 9.17) is 15.2 Å². The Morgan fingerprint density at radius 2 is 2.11 bits per heavy atom. The Kier molecular flexibility index (Phi) is 7.23.